The van der Waals surface area contributed by atoms with Gasteiger partial charge in [0.2, 0.25) is 11.8 Å². The molecule has 3 rings (SSSR count). The quantitative estimate of drug-likeness (QED) is 0.768. The van der Waals surface area contributed by atoms with Crippen LogP contribution in [0.2, 0.25) is 10.0 Å². The molecule has 1 saturated heterocycles. The summed E-state index contributed by atoms with van der Waals surface area (Å²) in [6.07, 6.45) is 0.169. The van der Waals surface area contributed by atoms with Gasteiger partial charge in [0.1, 0.15) is 0 Å². The Balaban J connectivity index is 1.85. The molecule has 1 heterocycles. The van der Waals surface area contributed by atoms with E-state index in [2.05, 4.69) is 0 Å². The number of benzene rings is 2. The fourth-order valence-electron chi connectivity index (χ4n) is 2.30. The van der Waals surface area contributed by atoms with Gasteiger partial charge in [-0.2, -0.15) is 0 Å². The van der Waals surface area contributed by atoms with Crippen LogP contribution in [0.1, 0.15) is 6.42 Å². The molecular weight excluding hydrogens is 341 g/mol. The Labute approximate surface area is 142 Å². The van der Waals surface area contributed by atoms with Crippen LogP contribution in [0, 0.1) is 0 Å². The lowest BCUT2D eigenvalue weighted by molar-refractivity contribution is -0.121. The van der Waals surface area contributed by atoms with E-state index in [9.17, 15) is 9.59 Å². The highest BCUT2D eigenvalue weighted by Gasteiger charge is 2.40. The van der Waals surface area contributed by atoms with Crippen LogP contribution in [-0.2, 0) is 9.59 Å². The molecule has 0 radical (unpaired) electrons. The summed E-state index contributed by atoms with van der Waals surface area (Å²) in [7, 11) is 0. The maximum Gasteiger partial charge on any atom is 0.247 e. The number of thioether (sulfide) groups is 1. The van der Waals surface area contributed by atoms with Crippen molar-refractivity contribution in [3.05, 3.63) is 58.6 Å². The number of halogens is 2. The van der Waals surface area contributed by atoms with Crippen LogP contribution in [0.25, 0.3) is 0 Å². The molecule has 1 aliphatic heterocycles. The summed E-state index contributed by atoms with van der Waals surface area (Å²) in [5, 5.41) is 0.359. The van der Waals surface area contributed by atoms with Gasteiger partial charge in [0.25, 0.3) is 0 Å². The average molecular weight is 352 g/mol. The number of amides is 2. The summed E-state index contributed by atoms with van der Waals surface area (Å²) in [5.41, 5.74) is 0.420. The van der Waals surface area contributed by atoms with Crippen LogP contribution >= 0.6 is 35.0 Å². The first-order valence-electron chi connectivity index (χ1n) is 6.59. The molecule has 0 N–H and O–H groups in total. The minimum absolute atomic E-state index is 0.169. The Morgan fingerprint density at radius 3 is 2.27 bits per heavy atom. The third kappa shape index (κ3) is 3.14. The van der Waals surface area contributed by atoms with Gasteiger partial charge < -0.3 is 0 Å². The van der Waals surface area contributed by atoms with E-state index in [-0.39, 0.29) is 18.2 Å². The Hall–Kier alpha value is -1.49. The van der Waals surface area contributed by atoms with Gasteiger partial charge in [0.05, 0.1) is 10.9 Å². The van der Waals surface area contributed by atoms with Gasteiger partial charge >= 0.3 is 0 Å². The first kappa shape index (κ1) is 15.4. The van der Waals surface area contributed by atoms with Gasteiger partial charge in [-0.15, -0.1) is 11.8 Å². The van der Waals surface area contributed by atoms with Crippen molar-refractivity contribution in [3.63, 3.8) is 0 Å². The number of nitrogens with zero attached hydrogens (tertiary/aromatic N) is 1. The zero-order valence-electron chi connectivity index (χ0n) is 11.3. The van der Waals surface area contributed by atoms with Gasteiger partial charge in [-0.1, -0.05) is 41.4 Å². The number of hydrogen-bond donors (Lipinski definition) is 0. The Morgan fingerprint density at radius 1 is 1.00 bits per heavy atom. The lowest BCUT2D eigenvalue weighted by Gasteiger charge is -2.15. The molecule has 2 aromatic carbocycles. The molecule has 0 bridgehead atoms. The van der Waals surface area contributed by atoms with Gasteiger partial charge in [-0.3, -0.25) is 9.59 Å². The molecule has 0 saturated carbocycles. The molecule has 1 atom stereocenters. The molecule has 112 valence electrons. The third-order valence-corrected chi connectivity index (χ3v) is 4.87. The van der Waals surface area contributed by atoms with Crippen molar-refractivity contribution < 1.29 is 9.59 Å². The van der Waals surface area contributed by atoms with E-state index in [1.807, 2.05) is 30.3 Å². The number of carbonyl (C=O) groups excluding carboxylic acids is 2. The van der Waals surface area contributed by atoms with Gasteiger partial charge in [-0.25, -0.2) is 4.90 Å². The minimum atomic E-state index is -0.423. The summed E-state index contributed by atoms with van der Waals surface area (Å²) in [6.45, 7) is 0. The zero-order valence-corrected chi connectivity index (χ0v) is 13.7. The highest BCUT2D eigenvalue weighted by Crippen LogP contribution is 2.35. The van der Waals surface area contributed by atoms with E-state index in [1.54, 1.807) is 18.2 Å². The Bertz CT molecular complexity index is 716. The zero-order chi connectivity index (χ0) is 15.7. The van der Waals surface area contributed by atoms with Crippen LogP contribution in [0.4, 0.5) is 5.69 Å². The first-order valence-corrected chi connectivity index (χ1v) is 8.23. The first-order chi connectivity index (χ1) is 10.5. The lowest BCUT2D eigenvalue weighted by atomic mass is 10.3. The normalized spacial score (nSPS) is 18.1. The van der Waals surface area contributed by atoms with E-state index in [0.29, 0.717) is 15.7 Å². The van der Waals surface area contributed by atoms with E-state index < -0.39 is 5.25 Å². The fraction of sp³-hybridized carbons (Fsp3) is 0.125. The van der Waals surface area contributed by atoms with Crippen molar-refractivity contribution in [3.8, 4) is 0 Å². The second kappa shape index (κ2) is 6.32. The second-order valence-corrected chi connectivity index (χ2v) is 6.97. The molecule has 22 heavy (non-hydrogen) atoms. The lowest BCUT2D eigenvalue weighted by Crippen LogP contribution is -2.31. The molecule has 3 nitrogen and oxygen atoms in total. The molecule has 0 aliphatic carbocycles. The van der Waals surface area contributed by atoms with Crippen LogP contribution in [0.3, 0.4) is 0 Å². The van der Waals surface area contributed by atoms with Crippen molar-refractivity contribution in [2.75, 3.05) is 4.90 Å². The molecule has 6 heteroatoms. The molecule has 0 unspecified atom stereocenters. The van der Waals surface area contributed by atoms with Crippen LogP contribution < -0.4 is 4.90 Å². The number of imide groups is 1. The van der Waals surface area contributed by atoms with Crippen LogP contribution in [0.15, 0.2) is 53.4 Å². The van der Waals surface area contributed by atoms with Crippen LogP contribution in [-0.4, -0.2) is 17.1 Å². The standard InChI is InChI=1S/C16H11Cl2NO2S/c17-10-6-11(18)8-12(7-10)19-15(20)9-14(16(19)21)22-13-4-2-1-3-5-13/h1-8,14H,9H2/t14-/m0/s1. The number of anilines is 1. The smallest absolute Gasteiger partial charge is 0.247 e. The summed E-state index contributed by atoms with van der Waals surface area (Å²) < 4.78 is 0. The molecule has 2 aromatic rings. The van der Waals surface area contributed by atoms with E-state index in [0.717, 1.165) is 4.90 Å². The monoisotopic (exact) mass is 351 g/mol. The Kier molecular flexibility index (Phi) is 4.43. The van der Waals surface area contributed by atoms with Crippen molar-refractivity contribution >= 4 is 52.5 Å². The summed E-state index contributed by atoms with van der Waals surface area (Å²) in [4.78, 5) is 26.9. The minimum Gasteiger partial charge on any atom is -0.274 e. The molecule has 0 spiro atoms. The molecule has 0 aromatic heterocycles. The average Bonchev–Trinajstić information content (AvgIpc) is 2.73. The SMILES string of the molecule is O=C1C[C@H](Sc2ccccc2)C(=O)N1c1cc(Cl)cc(Cl)c1. The second-order valence-electron chi connectivity index (χ2n) is 4.82. The maximum atomic E-state index is 12.5. The highest BCUT2D eigenvalue weighted by atomic mass is 35.5. The Morgan fingerprint density at radius 2 is 1.64 bits per heavy atom. The topological polar surface area (TPSA) is 37.4 Å². The van der Waals surface area contributed by atoms with E-state index in [4.69, 9.17) is 23.2 Å². The van der Waals surface area contributed by atoms with Crippen molar-refractivity contribution in [2.24, 2.45) is 0 Å². The van der Waals surface area contributed by atoms with Crippen LogP contribution in [0.5, 0.6) is 0 Å². The van der Waals surface area contributed by atoms with Gasteiger partial charge in [0.15, 0.2) is 0 Å². The summed E-state index contributed by atoms with van der Waals surface area (Å²) in [5.74, 6) is -0.478. The molecule has 2 amide bonds. The number of rotatable bonds is 3. The predicted octanol–water partition coefficient (Wildman–Crippen LogP) is 4.42. The van der Waals surface area contributed by atoms with Crippen molar-refractivity contribution in [1.29, 1.82) is 0 Å². The maximum absolute atomic E-state index is 12.5. The van der Waals surface area contributed by atoms with E-state index >= 15 is 0 Å². The van der Waals surface area contributed by atoms with Crippen molar-refractivity contribution in [1.82, 2.24) is 0 Å². The highest BCUT2D eigenvalue weighted by molar-refractivity contribution is 8.00. The number of hydrogen-bond acceptors (Lipinski definition) is 3. The largest absolute Gasteiger partial charge is 0.274 e. The summed E-state index contributed by atoms with van der Waals surface area (Å²) >= 11 is 13.3. The fourth-order valence-corrected chi connectivity index (χ4v) is 3.89. The van der Waals surface area contributed by atoms with Gasteiger partial charge in [0, 0.05) is 21.4 Å². The predicted molar refractivity (Wildman–Crippen MR) is 89.7 cm³/mol. The third-order valence-electron chi connectivity index (χ3n) is 3.23. The van der Waals surface area contributed by atoms with Gasteiger partial charge in [-0.05, 0) is 30.3 Å². The summed E-state index contributed by atoms with van der Waals surface area (Å²) in [6, 6.07) is 14.2. The van der Waals surface area contributed by atoms with Crippen molar-refractivity contribution in [2.45, 2.75) is 16.6 Å². The molecule has 1 fully saturated rings. The molecular formula is C16H11Cl2NO2S. The number of carbonyl (C=O) groups is 2. The molecule has 1 aliphatic rings. The van der Waals surface area contributed by atoms with E-state index in [1.165, 1.54) is 16.7 Å².